The van der Waals surface area contributed by atoms with Crippen LogP contribution >= 0.6 is 0 Å². The van der Waals surface area contributed by atoms with Crippen LogP contribution in [-0.2, 0) is 0 Å². The Morgan fingerprint density at radius 2 is 1.94 bits per heavy atom. The first-order valence-electron chi connectivity index (χ1n) is 6.55. The maximum atomic E-state index is 10.2. The quantitative estimate of drug-likeness (QED) is 0.766. The molecule has 0 radical (unpaired) electrons. The van der Waals surface area contributed by atoms with Crippen LogP contribution in [0.2, 0.25) is 0 Å². The van der Waals surface area contributed by atoms with Crippen molar-refractivity contribution in [2.45, 2.75) is 43.9 Å². The van der Waals surface area contributed by atoms with Crippen molar-refractivity contribution in [2.24, 2.45) is 0 Å². The van der Waals surface area contributed by atoms with Gasteiger partial charge in [0.1, 0.15) is 0 Å². The molecular formula is C14H20N2O. The van der Waals surface area contributed by atoms with Crippen molar-refractivity contribution >= 4 is 5.69 Å². The molecule has 1 saturated heterocycles. The van der Waals surface area contributed by atoms with Crippen LogP contribution in [0.4, 0.5) is 5.69 Å². The first-order chi connectivity index (χ1) is 8.27. The zero-order valence-electron chi connectivity index (χ0n) is 10.0. The molecule has 0 bridgehead atoms. The van der Waals surface area contributed by atoms with Gasteiger partial charge in [-0.1, -0.05) is 24.6 Å². The van der Waals surface area contributed by atoms with Crippen LogP contribution in [0.3, 0.4) is 0 Å². The molecule has 3 heteroatoms. The summed E-state index contributed by atoms with van der Waals surface area (Å²) in [5.74, 6) is 0. The molecule has 2 aliphatic rings. The van der Waals surface area contributed by atoms with Gasteiger partial charge in [-0.25, -0.2) is 0 Å². The standard InChI is InChI=1S/C14H20N2O/c15-12-7-2-1-6-11(12)14-13(17)8-9-16(14)10-4-3-5-10/h1-2,6-7,10,13-14,17H,3-5,8-9,15H2. The average molecular weight is 232 g/mol. The normalized spacial score (nSPS) is 30.4. The van der Waals surface area contributed by atoms with E-state index in [4.69, 9.17) is 5.73 Å². The summed E-state index contributed by atoms with van der Waals surface area (Å²) in [6.45, 7) is 1.00. The predicted octanol–water partition coefficient (Wildman–Crippen LogP) is 1.93. The van der Waals surface area contributed by atoms with Gasteiger partial charge in [0.2, 0.25) is 0 Å². The van der Waals surface area contributed by atoms with Gasteiger partial charge in [0, 0.05) is 18.3 Å². The third kappa shape index (κ3) is 1.83. The third-order valence-electron chi connectivity index (χ3n) is 4.26. The number of hydrogen-bond acceptors (Lipinski definition) is 3. The van der Waals surface area contributed by atoms with Crippen molar-refractivity contribution in [3.63, 3.8) is 0 Å². The van der Waals surface area contributed by atoms with E-state index in [1.807, 2.05) is 18.2 Å². The van der Waals surface area contributed by atoms with E-state index in [0.29, 0.717) is 6.04 Å². The van der Waals surface area contributed by atoms with E-state index >= 15 is 0 Å². The van der Waals surface area contributed by atoms with Gasteiger partial charge in [-0.3, -0.25) is 4.90 Å². The molecule has 2 atom stereocenters. The minimum atomic E-state index is -0.264. The highest BCUT2D eigenvalue weighted by atomic mass is 16.3. The fourth-order valence-corrected chi connectivity index (χ4v) is 3.09. The Hall–Kier alpha value is -1.06. The summed E-state index contributed by atoms with van der Waals surface area (Å²) >= 11 is 0. The van der Waals surface area contributed by atoms with Crippen molar-refractivity contribution in [1.29, 1.82) is 0 Å². The number of anilines is 1. The molecule has 1 aliphatic heterocycles. The summed E-state index contributed by atoms with van der Waals surface area (Å²) in [5.41, 5.74) is 7.96. The molecule has 1 aliphatic carbocycles. The first-order valence-corrected chi connectivity index (χ1v) is 6.55. The number of hydrogen-bond donors (Lipinski definition) is 2. The number of benzene rings is 1. The lowest BCUT2D eigenvalue weighted by Crippen LogP contribution is -2.41. The van der Waals surface area contributed by atoms with Crippen molar-refractivity contribution in [1.82, 2.24) is 4.90 Å². The van der Waals surface area contributed by atoms with E-state index in [1.54, 1.807) is 0 Å². The highest BCUT2D eigenvalue weighted by Gasteiger charge is 2.40. The summed E-state index contributed by atoms with van der Waals surface area (Å²) in [6.07, 6.45) is 4.48. The Balaban J connectivity index is 1.90. The second-order valence-electron chi connectivity index (χ2n) is 5.25. The van der Waals surface area contributed by atoms with Crippen molar-refractivity contribution < 1.29 is 5.11 Å². The van der Waals surface area contributed by atoms with E-state index in [9.17, 15) is 5.11 Å². The molecule has 17 heavy (non-hydrogen) atoms. The number of aliphatic hydroxyl groups excluding tert-OH is 1. The van der Waals surface area contributed by atoms with E-state index < -0.39 is 0 Å². The molecule has 3 nitrogen and oxygen atoms in total. The Morgan fingerprint density at radius 1 is 1.18 bits per heavy atom. The van der Waals surface area contributed by atoms with E-state index in [0.717, 1.165) is 24.2 Å². The van der Waals surface area contributed by atoms with Gasteiger partial charge in [-0.2, -0.15) is 0 Å². The molecule has 0 spiro atoms. The topological polar surface area (TPSA) is 49.5 Å². The Kier molecular flexibility index (Phi) is 2.81. The van der Waals surface area contributed by atoms with Crippen molar-refractivity contribution in [3.05, 3.63) is 29.8 Å². The van der Waals surface area contributed by atoms with Gasteiger partial charge in [-0.15, -0.1) is 0 Å². The van der Waals surface area contributed by atoms with Gasteiger partial charge in [0.25, 0.3) is 0 Å². The molecule has 3 N–H and O–H groups in total. The van der Waals surface area contributed by atoms with Crippen LogP contribution < -0.4 is 5.73 Å². The van der Waals surface area contributed by atoms with Gasteiger partial charge in [0.15, 0.2) is 0 Å². The number of likely N-dealkylation sites (tertiary alicyclic amines) is 1. The smallest absolute Gasteiger partial charge is 0.0750 e. The first kappa shape index (κ1) is 11.1. The number of nitrogens with two attached hydrogens (primary N) is 1. The molecule has 3 rings (SSSR count). The fourth-order valence-electron chi connectivity index (χ4n) is 3.09. The SMILES string of the molecule is Nc1ccccc1C1C(O)CCN1C1CCC1. The molecule has 1 saturated carbocycles. The lowest BCUT2D eigenvalue weighted by atomic mass is 9.89. The van der Waals surface area contributed by atoms with E-state index in [1.165, 1.54) is 19.3 Å². The molecule has 0 aromatic heterocycles. The lowest BCUT2D eigenvalue weighted by molar-refractivity contribution is 0.0634. The minimum absolute atomic E-state index is 0.112. The van der Waals surface area contributed by atoms with Gasteiger partial charge < -0.3 is 10.8 Å². The Labute approximate surface area is 102 Å². The number of aliphatic hydroxyl groups is 1. The van der Waals surface area contributed by atoms with Crippen LogP contribution in [0.1, 0.15) is 37.3 Å². The fraction of sp³-hybridized carbons (Fsp3) is 0.571. The summed E-state index contributed by atoms with van der Waals surface area (Å²) in [4.78, 5) is 2.46. The van der Waals surface area contributed by atoms with Crippen LogP contribution in [0.5, 0.6) is 0 Å². The maximum Gasteiger partial charge on any atom is 0.0750 e. The van der Waals surface area contributed by atoms with Gasteiger partial charge in [-0.05, 0) is 30.9 Å². The molecule has 2 fully saturated rings. The zero-order valence-corrected chi connectivity index (χ0v) is 10.0. The number of rotatable bonds is 2. The van der Waals surface area contributed by atoms with Gasteiger partial charge in [0.05, 0.1) is 12.1 Å². The molecule has 2 unspecified atom stereocenters. The number of nitrogen functional groups attached to an aromatic ring is 1. The van der Waals surface area contributed by atoms with Crippen LogP contribution in [-0.4, -0.2) is 28.7 Å². The molecule has 1 aromatic carbocycles. The largest absolute Gasteiger partial charge is 0.398 e. The van der Waals surface area contributed by atoms with Gasteiger partial charge >= 0.3 is 0 Å². The van der Waals surface area contributed by atoms with Crippen LogP contribution in [0, 0.1) is 0 Å². The van der Waals surface area contributed by atoms with Crippen molar-refractivity contribution in [3.8, 4) is 0 Å². The maximum absolute atomic E-state index is 10.2. The van der Waals surface area contributed by atoms with Crippen molar-refractivity contribution in [2.75, 3.05) is 12.3 Å². The number of para-hydroxylation sites is 1. The summed E-state index contributed by atoms with van der Waals surface area (Å²) < 4.78 is 0. The Bertz CT molecular complexity index is 403. The van der Waals surface area contributed by atoms with Crippen LogP contribution in [0.25, 0.3) is 0 Å². The average Bonchev–Trinajstić information content (AvgIpc) is 2.59. The summed E-state index contributed by atoms with van der Waals surface area (Å²) in [6, 6.07) is 8.72. The lowest BCUT2D eigenvalue weighted by Gasteiger charge is -2.39. The highest BCUT2D eigenvalue weighted by Crippen LogP contribution is 2.40. The second kappa shape index (κ2) is 4.31. The summed E-state index contributed by atoms with van der Waals surface area (Å²) in [7, 11) is 0. The predicted molar refractivity (Wildman–Crippen MR) is 68.6 cm³/mol. The molecule has 1 heterocycles. The van der Waals surface area contributed by atoms with E-state index in [2.05, 4.69) is 11.0 Å². The van der Waals surface area contributed by atoms with E-state index in [-0.39, 0.29) is 12.1 Å². The highest BCUT2D eigenvalue weighted by molar-refractivity contribution is 5.49. The number of nitrogens with zero attached hydrogens (tertiary/aromatic N) is 1. The molecule has 92 valence electrons. The summed E-state index contributed by atoms with van der Waals surface area (Å²) in [5, 5.41) is 10.2. The molecular weight excluding hydrogens is 212 g/mol. The Morgan fingerprint density at radius 3 is 2.59 bits per heavy atom. The monoisotopic (exact) mass is 232 g/mol. The third-order valence-corrected chi connectivity index (χ3v) is 4.26. The molecule has 1 aromatic rings. The second-order valence-corrected chi connectivity index (χ2v) is 5.25. The minimum Gasteiger partial charge on any atom is -0.398 e. The molecule has 0 amide bonds. The van der Waals surface area contributed by atoms with Crippen LogP contribution in [0.15, 0.2) is 24.3 Å². The zero-order chi connectivity index (χ0) is 11.8.